The topological polar surface area (TPSA) is 52.1 Å². The molecule has 1 heterocycles. The normalized spacial score (nSPS) is 12.1. The molecule has 4 nitrogen and oxygen atoms in total. The molecule has 0 spiro atoms. The fourth-order valence-electron chi connectivity index (χ4n) is 2.63. The van der Waals surface area contributed by atoms with Crippen molar-refractivity contribution < 1.29 is 9.53 Å². The molecule has 23 heavy (non-hydrogen) atoms. The minimum Gasteiger partial charge on any atom is -0.458 e. The van der Waals surface area contributed by atoms with Gasteiger partial charge in [-0.05, 0) is 19.8 Å². The van der Waals surface area contributed by atoms with Crippen molar-refractivity contribution in [3.05, 3.63) is 24.3 Å². The Morgan fingerprint density at radius 3 is 2.17 bits per heavy atom. The van der Waals surface area contributed by atoms with Crippen molar-refractivity contribution in [2.75, 3.05) is 0 Å². The highest BCUT2D eigenvalue weighted by atomic mass is 16.5. The minimum absolute atomic E-state index is 0.0569. The van der Waals surface area contributed by atoms with Crippen molar-refractivity contribution in [3.63, 3.8) is 0 Å². The fraction of sp³-hybridized carbons (Fsp3) is 0.737. The van der Waals surface area contributed by atoms with Gasteiger partial charge in [0.25, 0.3) is 0 Å². The second-order valence-electron chi connectivity index (χ2n) is 6.28. The molecule has 0 fully saturated rings. The van der Waals surface area contributed by atoms with E-state index in [2.05, 4.69) is 16.9 Å². The van der Waals surface area contributed by atoms with Gasteiger partial charge in [0.2, 0.25) is 0 Å². The summed E-state index contributed by atoms with van der Waals surface area (Å²) in [5.74, 6) is -0.377. The maximum atomic E-state index is 11.8. The predicted octanol–water partition coefficient (Wildman–Crippen LogP) is 5.33. The van der Waals surface area contributed by atoms with E-state index in [1.165, 1.54) is 70.2 Å². The number of unbranched alkanes of at least 4 members (excludes halogenated alkanes) is 9. The molecule has 1 rings (SSSR count). The van der Waals surface area contributed by atoms with Gasteiger partial charge < -0.3 is 4.74 Å². The molecular weight excluding hydrogens is 288 g/mol. The Labute approximate surface area is 141 Å². The van der Waals surface area contributed by atoms with Gasteiger partial charge in [0.1, 0.15) is 0 Å². The van der Waals surface area contributed by atoms with Crippen molar-refractivity contribution in [2.24, 2.45) is 0 Å². The molecule has 0 N–H and O–H groups in total. The molecule has 0 aliphatic carbocycles. The van der Waals surface area contributed by atoms with E-state index in [-0.39, 0.29) is 17.8 Å². The van der Waals surface area contributed by atoms with E-state index in [9.17, 15) is 4.79 Å². The van der Waals surface area contributed by atoms with Gasteiger partial charge in [-0.1, -0.05) is 64.7 Å². The zero-order chi connectivity index (χ0) is 16.8. The largest absolute Gasteiger partial charge is 0.458 e. The Balaban J connectivity index is 1.96. The van der Waals surface area contributed by atoms with Gasteiger partial charge in [-0.2, -0.15) is 0 Å². The summed E-state index contributed by atoms with van der Waals surface area (Å²) in [4.78, 5) is 19.6. The number of esters is 1. The summed E-state index contributed by atoms with van der Waals surface area (Å²) in [5.41, 5.74) is 0.280. The lowest BCUT2D eigenvalue weighted by molar-refractivity contribution is 0.0312. The van der Waals surface area contributed by atoms with Gasteiger partial charge in [-0.15, -0.1) is 0 Å². The lowest BCUT2D eigenvalue weighted by Crippen LogP contribution is -2.16. The number of hydrogen-bond donors (Lipinski definition) is 0. The quantitative estimate of drug-likeness (QED) is 0.364. The molecule has 0 radical (unpaired) electrons. The van der Waals surface area contributed by atoms with Gasteiger partial charge in [-0.25, -0.2) is 9.78 Å². The fourth-order valence-corrected chi connectivity index (χ4v) is 2.63. The maximum absolute atomic E-state index is 11.8. The first-order valence-electron chi connectivity index (χ1n) is 9.21. The number of hydrogen-bond acceptors (Lipinski definition) is 4. The van der Waals surface area contributed by atoms with Crippen LogP contribution in [0.5, 0.6) is 0 Å². The standard InChI is InChI=1S/C19H32N2O2/c1-3-4-5-6-7-8-9-10-11-12-13-17(2)23-19(22)18-16-20-14-15-21-18/h14-17H,3-13H2,1-2H3. The molecule has 1 aromatic heterocycles. The Kier molecular flexibility index (Phi) is 11.1. The molecule has 0 aliphatic rings. The molecule has 0 aliphatic heterocycles. The van der Waals surface area contributed by atoms with Crippen molar-refractivity contribution in [3.8, 4) is 0 Å². The van der Waals surface area contributed by atoms with Crippen molar-refractivity contribution >= 4 is 5.97 Å². The highest BCUT2D eigenvalue weighted by molar-refractivity contribution is 5.86. The highest BCUT2D eigenvalue weighted by Crippen LogP contribution is 2.13. The van der Waals surface area contributed by atoms with E-state index in [0.717, 1.165) is 12.8 Å². The first kappa shape index (κ1) is 19.6. The number of rotatable bonds is 13. The molecule has 1 atom stereocenters. The number of carbonyl (C=O) groups is 1. The number of carbonyl (C=O) groups excluding carboxylic acids is 1. The number of aromatic nitrogens is 2. The molecule has 0 saturated carbocycles. The van der Waals surface area contributed by atoms with Crippen LogP contribution in [0, 0.1) is 0 Å². The SMILES string of the molecule is CCCCCCCCCCCCC(C)OC(=O)c1cnccn1. The summed E-state index contributed by atoms with van der Waals surface area (Å²) in [6.07, 6.45) is 18.5. The van der Waals surface area contributed by atoms with Crippen LogP contribution < -0.4 is 0 Å². The maximum Gasteiger partial charge on any atom is 0.358 e. The van der Waals surface area contributed by atoms with Crippen LogP contribution in [0.15, 0.2) is 18.6 Å². The van der Waals surface area contributed by atoms with E-state index in [0.29, 0.717) is 0 Å². The van der Waals surface area contributed by atoms with Gasteiger partial charge in [0.05, 0.1) is 12.3 Å². The molecule has 0 amide bonds. The minimum atomic E-state index is -0.377. The molecule has 1 unspecified atom stereocenters. The molecule has 130 valence electrons. The van der Waals surface area contributed by atoms with Gasteiger partial charge in [0, 0.05) is 12.4 Å². The zero-order valence-corrected chi connectivity index (χ0v) is 14.8. The molecule has 1 aromatic rings. The van der Waals surface area contributed by atoms with Crippen LogP contribution >= 0.6 is 0 Å². The highest BCUT2D eigenvalue weighted by Gasteiger charge is 2.12. The number of ether oxygens (including phenoxy) is 1. The van der Waals surface area contributed by atoms with Crippen LogP contribution in [-0.2, 0) is 4.74 Å². The van der Waals surface area contributed by atoms with E-state index in [1.54, 1.807) is 6.20 Å². The van der Waals surface area contributed by atoms with E-state index in [1.807, 2.05) is 6.92 Å². The third-order valence-electron chi connectivity index (χ3n) is 4.04. The van der Waals surface area contributed by atoms with Crippen molar-refractivity contribution in [2.45, 2.75) is 90.6 Å². The van der Waals surface area contributed by atoms with E-state index >= 15 is 0 Å². The third kappa shape index (κ3) is 10.0. The van der Waals surface area contributed by atoms with Crippen LogP contribution in [0.4, 0.5) is 0 Å². The monoisotopic (exact) mass is 320 g/mol. The first-order valence-corrected chi connectivity index (χ1v) is 9.21. The Bertz CT molecular complexity index is 409. The zero-order valence-electron chi connectivity index (χ0n) is 14.8. The van der Waals surface area contributed by atoms with E-state index in [4.69, 9.17) is 4.74 Å². The van der Waals surface area contributed by atoms with Gasteiger partial charge in [-0.3, -0.25) is 4.98 Å². The van der Waals surface area contributed by atoms with Crippen LogP contribution in [0.3, 0.4) is 0 Å². The summed E-state index contributed by atoms with van der Waals surface area (Å²) >= 11 is 0. The average molecular weight is 320 g/mol. The Hall–Kier alpha value is -1.45. The lowest BCUT2D eigenvalue weighted by atomic mass is 10.0. The van der Waals surface area contributed by atoms with Crippen LogP contribution in [-0.4, -0.2) is 22.0 Å². The lowest BCUT2D eigenvalue weighted by Gasteiger charge is -2.12. The Morgan fingerprint density at radius 2 is 1.61 bits per heavy atom. The summed E-state index contributed by atoms with van der Waals surface area (Å²) < 4.78 is 5.38. The summed E-state index contributed by atoms with van der Waals surface area (Å²) in [6.45, 7) is 4.20. The molecule has 0 saturated heterocycles. The predicted molar refractivity (Wildman–Crippen MR) is 93.4 cm³/mol. The van der Waals surface area contributed by atoms with Crippen LogP contribution in [0.25, 0.3) is 0 Å². The number of nitrogens with zero attached hydrogens (tertiary/aromatic N) is 2. The van der Waals surface area contributed by atoms with Gasteiger partial charge >= 0.3 is 5.97 Å². The molecule has 0 aromatic carbocycles. The summed E-state index contributed by atoms with van der Waals surface area (Å²) in [6, 6.07) is 0. The first-order chi connectivity index (χ1) is 11.2. The molecule has 4 heteroatoms. The summed E-state index contributed by atoms with van der Waals surface area (Å²) in [7, 11) is 0. The second kappa shape index (κ2) is 13.0. The average Bonchev–Trinajstić information content (AvgIpc) is 2.57. The molecular formula is C19H32N2O2. The van der Waals surface area contributed by atoms with Gasteiger partial charge in [0.15, 0.2) is 5.69 Å². The smallest absolute Gasteiger partial charge is 0.358 e. The van der Waals surface area contributed by atoms with Crippen LogP contribution in [0.2, 0.25) is 0 Å². The van der Waals surface area contributed by atoms with Crippen molar-refractivity contribution in [1.82, 2.24) is 9.97 Å². The van der Waals surface area contributed by atoms with Crippen LogP contribution in [0.1, 0.15) is 95.0 Å². The van der Waals surface area contributed by atoms with E-state index < -0.39 is 0 Å². The summed E-state index contributed by atoms with van der Waals surface area (Å²) in [5, 5.41) is 0. The third-order valence-corrected chi connectivity index (χ3v) is 4.04. The Morgan fingerprint density at radius 1 is 1.00 bits per heavy atom. The molecule has 0 bridgehead atoms. The van der Waals surface area contributed by atoms with Crippen molar-refractivity contribution in [1.29, 1.82) is 0 Å². The second-order valence-corrected chi connectivity index (χ2v) is 6.28.